The minimum Gasteiger partial charge on any atom is -0.380 e. The highest BCUT2D eigenvalue weighted by Crippen LogP contribution is 2.13. The Balaban J connectivity index is 2.62. The van der Waals surface area contributed by atoms with Crippen molar-refractivity contribution >= 4 is 34.0 Å². The molecule has 5 heteroatoms. The van der Waals surface area contributed by atoms with Crippen molar-refractivity contribution in [3.05, 3.63) is 20.4 Å². The molecule has 0 radical (unpaired) electrons. The third-order valence-electron chi connectivity index (χ3n) is 1.88. The van der Waals surface area contributed by atoms with E-state index in [1.54, 1.807) is 0 Å². The average Bonchev–Trinajstić information content (AvgIpc) is 2.21. The second-order valence-corrected chi connectivity index (χ2v) is 3.99. The van der Waals surface area contributed by atoms with Crippen molar-refractivity contribution in [2.45, 2.75) is 13.3 Å². The van der Waals surface area contributed by atoms with Gasteiger partial charge in [-0.05, 0) is 13.3 Å². The van der Waals surface area contributed by atoms with Crippen LogP contribution in [0.4, 0.5) is 11.4 Å². The predicted molar refractivity (Wildman–Crippen MR) is 67.5 cm³/mol. The van der Waals surface area contributed by atoms with Gasteiger partial charge in [-0.25, -0.2) is 0 Å². The van der Waals surface area contributed by atoms with E-state index >= 15 is 0 Å². The van der Waals surface area contributed by atoms with Gasteiger partial charge in [0.15, 0.2) is 0 Å². The maximum atomic E-state index is 11.1. The number of hydrogen-bond donors (Lipinski definition) is 2. The third kappa shape index (κ3) is 2.26. The Kier molecular flexibility index (Phi) is 4.37. The van der Waals surface area contributed by atoms with Crippen molar-refractivity contribution in [2.75, 3.05) is 28.2 Å². The molecule has 0 bridgehead atoms. The van der Waals surface area contributed by atoms with Crippen LogP contribution in [0.25, 0.3) is 0 Å². The van der Waals surface area contributed by atoms with E-state index in [4.69, 9.17) is 0 Å². The van der Waals surface area contributed by atoms with Gasteiger partial charge in [0, 0.05) is 17.5 Å². The van der Waals surface area contributed by atoms with Crippen LogP contribution in [0, 0.1) is 0 Å². The van der Waals surface area contributed by atoms with Crippen molar-refractivity contribution in [3.8, 4) is 0 Å². The zero-order valence-electron chi connectivity index (χ0n) is 8.02. The molecule has 0 saturated heterocycles. The lowest BCUT2D eigenvalue weighted by atomic mass is 10.2. The Morgan fingerprint density at radius 1 is 1.14 bits per heavy atom. The molecular weight excluding hydrogens is 295 g/mol. The van der Waals surface area contributed by atoms with Gasteiger partial charge in [-0.3, -0.25) is 9.59 Å². The molecule has 0 unspecified atom stereocenters. The molecule has 14 heavy (non-hydrogen) atoms. The first-order chi connectivity index (χ1) is 6.72. The normalized spacial score (nSPS) is 10.4. The van der Waals surface area contributed by atoms with E-state index < -0.39 is 10.9 Å². The van der Waals surface area contributed by atoms with E-state index in [1.807, 2.05) is 6.92 Å². The van der Waals surface area contributed by atoms with Crippen LogP contribution < -0.4 is 21.5 Å². The summed E-state index contributed by atoms with van der Waals surface area (Å²) in [5.41, 5.74) is 0.117. The van der Waals surface area contributed by atoms with Crippen LogP contribution in [0.15, 0.2) is 9.59 Å². The van der Waals surface area contributed by atoms with Gasteiger partial charge >= 0.3 is 0 Å². The molecule has 1 aromatic rings. The fourth-order valence-electron chi connectivity index (χ4n) is 1.19. The van der Waals surface area contributed by atoms with Crippen molar-refractivity contribution in [1.82, 2.24) is 0 Å². The summed E-state index contributed by atoms with van der Waals surface area (Å²) < 4.78 is 1.04. The minimum atomic E-state index is -0.399. The largest absolute Gasteiger partial charge is 0.380 e. The Morgan fingerprint density at radius 3 is 2.21 bits per heavy atom. The first-order valence-electron chi connectivity index (χ1n) is 4.59. The summed E-state index contributed by atoms with van der Waals surface area (Å²) in [4.78, 5) is 22.2. The van der Waals surface area contributed by atoms with Crippen LogP contribution in [-0.4, -0.2) is 17.5 Å². The molecule has 0 amide bonds. The quantitative estimate of drug-likeness (QED) is 0.356. The number of anilines is 2. The summed E-state index contributed by atoms with van der Waals surface area (Å²) in [6.07, 6.45) is 0.991. The maximum absolute atomic E-state index is 11.1. The highest BCUT2D eigenvalue weighted by molar-refractivity contribution is 14.1. The Bertz CT molecular complexity index is 369. The maximum Gasteiger partial charge on any atom is 0.253 e. The molecule has 0 aliphatic heterocycles. The second kappa shape index (κ2) is 5.33. The monoisotopic (exact) mass is 308 g/mol. The summed E-state index contributed by atoms with van der Waals surface area (Å²) in [5, 5.41) is 5.86. The molecule has 0 heterocycles. The van der Waals surface area contributed by atoms with Gasteiger partial charge in [-0.1, -0.05) is 22.6 Å². The molecule has 0 aliphatic rings. The number of halogens is 1. The molecule has 1 aromatic carbocycles. The molecule has 4 nitrogen and oxygen atoms in total. The molecular formula is C9H13IN2O2. The summed E-state index contributed by atoms with van der Waals surface area (Å²) in [6, 6.07) is 0. The number of rotatable bonds is 6. The predicted octanol–water partition coefficient (Wildman–Crippen LogP) is 0.951. The molecule has 0 saturated carbocycles. The molecule has 0 fully saturated rings. The van der Waals surface area contributed by atoms with Gasteiger partial charge < -0.3 is 10.6 Å². The van der Waals surface area contributed by atoms with E-state index in [0.29, 0.717) is 17.9 Å². The zero-order chi connectivity index (χ0) is 10.6. The zero-order valence-corrected chi connectivity index (χ0v) is 10.2. The highest BCUT2D eigenvalue weighted by Gasteiger charge is 2.19. The van der Waals surface area contributed by atoms with Gasteiger partial charge in [0.05, 0.1) is 0 Å². The fraction of sp³-hybridized carbons (Fsp3) is 0.556. The SMILES string of the molecule is CCNc1c(NCCCI)c(=O)c1=O. The molecule has 78 valence electrons. The fourth-order valence-corrected chi connectivity index (χ4v) is 1.57. The summed E-state index contributed by atoms with van der Waals surface area (Å²) >= 11 is 2.27. The van der Waals surface area contributed by atoms with Gasteiger partial charge in [0.25, 0.3) is 10.9 Å². The lowest BCUT2D eigenvalue weighted by Crippen LogP contribution is -2.37. The Morgan fingerprint density at radius 2 is 1.71 bits per heavy atom. The first kappa shape index (κ1) is 11.5. The van der Waals surface area contributed by atoms with E-state index in [0.717, 1.165) is 17.4 Å². The van der Waals surface area contributed by atoms with E-state index in [-0.39, 0.29) is 0 Å². The van der Waals surface area contributed by atoms with Crippen LogP contribution in [0.3, 0.4) is 0 Å². The third-order valence-corrected chi connectivity index (χ3v) is 2.64. The first-order valence-corrected chi connectivity index (χ1v) is 6.12. The van der Waals surface area contributed by atoms with Crippen LogP contribution in [0.2, 0.25) is 0 Å². The number of nitrogens with one attached hydrogen (secondary N) is 2. The van der Waals surface area contributed by atoms with Crippen molar-refractivity contribution in [3.63, 3.8) is 0 Å². The van der Waals surface area contributed by atoms with Gasteiger partial charge in [0.2, 0.25) is 0 Å². The number of alkyl halides is 1. The molecule has 0 aromatic heterocycles. The standard InChI is InChI=1S/C9H13IN2O2/c1-2-11-6-7(9(14)8(6)13)12-5-3-4-10/h11-12H,2-5H2,1H3. The lowest BCUT2D eigenvalue weighted by molar-refractivity contribution is 0.997. The van der Waals surface area contributed by atoms with E-state index in [2.05, 4.69) is 33.2 Å². The van der Waals surface area contributed by atoms with Crippen molar-refractivity contribution < 1.29 is 0 Å². The molecule has 0 atom stereocenters. The Labute approximate surface area is 95.9 Å². The number of hydrogen-bond acceptors (Lipinski definition) is 4. The lowest BCUT2D eigenvalue weighted by Gasteiger charge is -2.12. The van der Waals surface area contributed by atoms with Gasteiger partial charge in [-0.15, -0.1) is 0 Å². The molecule has 2 N–H and O–H groups in total. The molecule has 0 spiro atoms. The van der Waals surface area contributed by atoms with Crippen LogP contribution in [0.5, 0.6) is 0 Å². The molecule has 1 rings (SSSR count). The molecule has 0 aliphatic carbocycles. The summed E-state index contributed by atoms with van der Waals surface area (Å²) in [6.45, 7) is 3.30. The second-order valence-electron chi connectivity index (χ2n) is 2.91. The highest BCUT2D eigenvalue weighted by atomic mass is 127. The summed E-state index contributed by atoms with van der Waals surface area (Å²) in [7, 11) is 0. The smallest absolute Gasteiger partial charge is 0.253 e. The van der Waals surface area contributed by atoms with E-state index in [9.17, 15) is 9.59 Å². The van der Waals surface area contributed by atoms with Crippen LogP contribution >= 0.6 is 22.6 Å². The van der Waals surface area contributed by atoms with Gasteiger partial charge in [-0.2, -0.15) is 0 Å². The Hall–Kier alpha value is -0.590. The van der Waals surface area contributed by atoms with Crippen LogP contribution in [-0.2, 0) is 0 Å². The van der Waals surface area contributed by atoms with Crippen LogP contribution in [0.1, 0.15) is 13.3 Å². The van der Waals surface area contributed by atoms with Crippen molar-refractivity contribution in [1.29, 1.82) is 0 Å². The van der Waals surface area contributed by atoms with E-state index in [1.165, 1.54) is 0 Å². The minimum absolute atomic E-state index is 0.394. The topological polar surface area (TPSA) is 58.2 Å². The van der Waals surface area contributed by atoms with Crippen molar-refractivity contribution in [2.24, 2.45) is 0 Å². The average molecular weight is 308 g/mol. The summed E-state index contributed by atoms with van der Waals surface area (Å²) in [5.74, 6) is 0. The van der Waals surface area contributed by atoms with Gasteiger partial charge in [0.1, 0.15) is 11.4 Å².